The van der Waals surface area contributed by atoms with Crippen LogP contribution in [0.4, 0.5) is 5.69 Å². The maximum atomic E-state index is 11.9. The molecule has 0 bridgehead atoms. The number of carbonyl (C=O) groups excluding carboxylic acids is 2. The number of hydrogen-bond acceptors (Lipinski definition) is 3. The Balaban J connectivity index is 2.46. The molecule has 21 heavy (non-hydrogen) atoms. The zero-order valence-corrected chi connectivity index (χ0v) is 13.6. The number of amides is 2. The summed E-state index contributed by atoms with van der Waals surface area (Å²) in [5.74, 6) is 1.88. The second kappa shape index (κ2) is 10.3. The highest BCUT2D eigenvalue weighted by molar-refractivity contribution is 7.99. The Kier molecular flexibility index (Phi) is 8.59. The van der Waals surface area contributed by atoms with Crippen LogP contribution in [0, 0.1) is 0 Å². The van der Waals surface area contributed by atoms with E-state index in [0.717, 1.165) is 22.8 Å². The van der Waals surface area contributed by atoms with Crippen molar-refractivity contribution in [1.82, 2.24) is 5.32 Å². The van der Waals surface area contributed by atoms with Crippen LogP contribution in [0.2, 0.25) is 0 Å². The van der Waals surface area contributed by atoms with Crippen LogP contribution >= 0.6 is 11.8 Å². The molecule has 0 aliphatic carbocycles. The maximum Gasteiger partial charge on any atom is 0.225 e. The Bertz CT molecular complexity index is 463. The SMILES string of the molecule is CCCCSCCC(=O)Nc1ccccc1CC(=O)NC. The van der Waals surface area contributed by atoms with Crippen molar-refractivity contribution in [2.75, 3.05) is 23.9 Å². The first-order chi connectivity index (χ1) is 10.2. The van der Waals surface area contributed by atoms with Crippen molar-refractivity contribution in [1.29, 1.82) is 0 Å². The van der Waals surface area contributed by atoms with Crippen LogP contribution in [0.3, 0.4) is 0 Å². The molecule has 0 fully saturated rings. The zero-order chi connectivity index (χ0) is 15.5. The third-order valence-corrected chi connectivity index (χ3v) is 4.11. The number of likely N-dealkylation sites (N-methyl/N-ethyl adjacent to an activating group) is 1. The maximum absolute atomic E-state index is 11.9. The van der Waals surface area contributed by atoms with Crippen LogP contribution < -0.4 is 10.6 Å². The number of benzene rings is 1. The molecular weight excluding hydrogens is 284 g/mol. The van der Waals surface area contributed by atoms with Crippen LogP contribution in [0.25, 0.3) is 0 Å². The lowest BCUT2D eigenvalue weighted by molar-refractivity contribution is -0.120. The largest absolute Gasteiger partial charge is 0.359 e. The number of nitrogens with one attached hydrogen (secondary N) is 2. The minimum absolute atomic E-state index is 0.00311. The van der Waals surface area contributed by atoms with Crippen molar-refractivity contribution < 1.29 is 9.59 Å². The highest BCUT2D eigenvalue weighted by Crippen LogP contribution is 2.16. The summed E-state index contributed by atoms with van der Waals surface area (Å²) < 4.78 is 0. The second-order valence-electron chi connectivity index (χ2n) is 4.77. The lowest BCUT2D eigenvalue weighted by Crippen LogP contribution is -2.21. The van der Waals surface area contributed by atoms with E-state index >= 15 is 0 Å². The topological polar surface area (TPSA) is 58.2 Å². The average Bonchev–Trinajstić information content (AvgIpc) is 2.49. The van der Waals surface area contributed by atoms with E-state index < -0.39 is 0 Å². The van der Waals surface area contributed by atoms with Crippen molar-refractivity contribution in [2.45, 2.75) is 32.6 Å². The summed E-state index contributed by atoms with van der Waals surface area (Å²) in [5, 5.41) is 5.49. The zero-order valence-electron chi connectivity index (χ0n) is 12.8. The van der Waals surface area contributed by atoms with Gasteiger partial charge in [-0.05, 0) is 23.8 Å². The molecule has 0 saturated carbocycles. The van der Waals surface area contributed by atoms with Crippen molar-refractivity contribution in [3.8, 4) is 0 Å². The smallest absolute Gasteiger partial charge is 0.225 e. The first-order valence-electron chi connectivity index (χ1n) is 7.33. The predicted molar refractivity (Wildman–Crippen MR) is 89.7 cm³/mol. The molecule has 0 aliphatic heterocycles. The molecule has 0 aromatic heterocycles. The molecule has 0 unspecified atom stereocenters. The number of hydrogen-bond donors (Lipinski definition) is 2. The summed E-state index contributed by atoms with van der Waals surface area (Å²) in [6, 6.07) is 7.43. The normalized spacial score (nSPS) is 10.2. The fraction of sp³-hybridized carbons (Fsp3) is 0.500. The first-order valence-corrected chi connectivity index (χ1v) is 8.49. The monoisotopic (exact) mass is 308 g/mol. The molecule has 0 heterocycles. The van der Waals surface area contributed by atoms with Gasteiger partial charge in [0.15, 0.2) is 0 Å². The molecule has 2 amide bonds. The molecule has 0 aliphatic rings. The van der Waals surface area contributed by atoms with E-state index in [0.29, 0.717) is 6.42 Å². The van der Waals surface area contributed by atoms with E-state index in [4.69, 9.17) is 0 Å². The summed E-state index contributed by atoms with van der Waals surface area (Å²) in [6.07, 6.45) is 3.16. The molecule has 2 N–H and O–H groups in total. The number of thioether (sulfide) groups is 1. The summed E-state index contributed by atoms with van der Waals surface area (Å²) in [5.41, 5.74) is 1.56. The van der Waals surface area contributed by atoms with E-state index in [-0.39, 0.29) is 18.2 Å². The third kappa shape index (κ3) is 7.18. The molecule has 1 rings (SSSR count). The molecule has 0 saturated heterocycles. The van der Waals surface area contributed by atoms with E-state index in [1.807, 2.05) is 36.0 Å². The Morgan fingerprint density at radius 2 is 1.90 bits per heavy atom. The summed E-state index contributed by atoms with van der Waals surface area (Å²) >= 11 is 1.81. The molecule has 1 aromatic rings. The number of rotatable bonds is 9. The van der Waals surface area contributed by atoms with Gasteiger partial charge in [-0.15, -0.1) is 0 Å². The Hall–Kier alpha value is -1.49. The van der Waals surface area contributed by atoms with Gasteiger partial charge in [0.1, 0.15) is 0 Å². The Labute approximate surface area is 131 Å². The van der Waals surface area contributed by atoms with Crippen LogP contribution in [0.5, 0.6) is 0 Å². The molecule has 0 atom stereocenters. The van der Waals surface area contributed by atoms with Gasteiger partial charge in [0.25, 0.3) is 0 Å². The van der Waals surface area contributed by atoms with Crippen molar-refractivity contribution in [2.24, 2.45) is 0 Å². The highest BCUT2D eigenvalue weighted by Gasteiger charge is 2.09. The molecular formula is C16H24N2O2S. The van der Waals surface area contributed by atoms with Gasteiger partial charge in [-0.2, -0.15) is 11.8 Å². The Morgan fingerprint density at radius 1 is 1.14 bits per heavy atom. The van der Waals surface area contributed by atoms with E-state index in [1.54, 1.807) is 7.05 Å². The number of unbranched alkanes of at least 4 members (excludes halogenated alkanes) is 1. The van der Waals surface area contributed by atoms with E-state index in [1.165, 1.54) is 12.8 Å². The minimum atomic E-state index is -0.0631. The second-order valence-corrected chi connectivity index (χ2v) is 6.00. The van der Waals surface area contributed by atoms with Crippen molar-refractivity contribution >= 4 is 29.3 Å². The van der Waals surface area contributed by atoms with Crippen LogP contribution in [-0.4, -0.2) is 30.4 Å². The van der Waals surface area contributed by atoms with Crippen LogP contribution in [-0.2, 0) is 16.0 Å². The number of anilines is 1. The van der Waals surface area contributed by atoms with Crippen molar-refractivity contribution in [3.05, 3.63) is 29.8 Å². The average molecular weight is 308 g/mol. The van der Waals surface area contributed by atoms with Crippen LogP contribution in [0.1, 0.15) is 31.7 Å². The van der Waals surface area contributed by atoms with Gasteiger partial charge in [0.2, 0.25) is 11.8 Å². The molecule has 5 heteroatoms. The van der Waals surface area contributed by atoms with Crippen molar-refractivity contribution in [3.63, 3.8) is 0 Å². The number of carbonyl (C=O) groups is 2. The van der Waals surface area contributed by atoms with Gasteiger partial charge in [-0.1, -0.05) is 31.5 Å². The summed E-state index contributed by atoms with van der Waals surface area (Å²) in [7, 11) is 1.61. The first kappa shape index (κ1) is 17.6. The fourth-order valence-corrected chi connectivity index (χ4v) is 2.81. The fourth-order valence-electron chi connectivity index (χ4n) is 1.78. The molecule has 116 valence electrons. The van der Waals surface area contributed by atoms with E-state index in [2.05, 4.69) is 17.6 Å². The lowest BCUT2D eigenvalue weighted by Gasteiger charge is -2.10. The standard InChI is InChI=1S/C16H24N2O2S/c1-3-4-10-21-11-9-15(19)18-14-8-6-5-7-13(14)12-16(20)17-2/h5-8H,3-4,9-12H2,1-2H3,(H,17,20)(H,18,19). The summed E-state index contributed by atoms with van der Waals surface area (Å²) in [6.45, 7) is 2.16. The molecule has 0 radical (unpaired) electrons. The summed E-state index contributed by atoms with van der Waals surface area (Å²) in [4.78, 5) is 23.4. The predicted octanol–water partition coefficient (Wildman–Crippen LogP) is 2.84. The Morgan fingerprint density at radius 3 is 2.62 bits per heavy atom. The lowest BCUT2D eigenvalue weighted by atomic mass is 10.1. The quantitative estimate of drug-likeness (QED) is 0.690. The van der Waals surface area contributed by atoms with Gasteiger partial charge >= 0.3 is 0 Å². The van der Waals surface area contributed by atoms with E-state index in [9.17, 15) is 9.59 Å². The van der Waals surface area contributed by atoms with Gasteiger partial charge in [0.05, 0.1) is 6.42 Å². The third-order valence-electron chi connectivity index (χ3n) is 3.04. The highest BCUT2D eigenvalue weighted by atomic mass is 32.2. The van der Waals surface area contributed by atoms with Gasteiger partial charge < -0.3 is 10.6 Å². The molecule has 4 nitrogen and oxygen atoms in total. The molecule has 1 aromatic carbocycles. The van der Waals surface area contributed by atoms with Gasteiger partial charge in [-0.25, -0.2) is 0 Å². The number of para-hydroxylation sites is 1. The van der Waals surface area contributed by atoms with Gasteiger partial charge in [-0.3, -0.25) is 9.59 Å². The van der Waals surface area contributed by atoms with Crippen LogP contribution in [0.15, 0.2) is 24.3 Å². The molecule has 0 spiro atoms. The van der Waals surface area contributed by atoms with Gasteiger partial charge in [0, 0.05) is 24.9 Å². The minimum Gasteiger partial charge on any atom is -0.359 e.